The summed E-state index contributed by atoms with van der Waals surface area (Å²) >= 11 is 0. The lowest BCUT2D eigenvalue weighted by Crippen LogP contribution is -2.68. The van der Waals surface area contributed by atoms with E-state index in [0.29, 0.717) is 5.75 Å². The molecule has 0 radical (unpaired) electrons. The maximum Gasteiger partial charge on any atom is 0.146 e. The van der Waals surface area contributed by atoms with Crippen molar-refractivity contribution in [1.29, 1.82) is 0 Å². The summed E-state index contributed by atoms with van der Waals surface area (Å²) in [6.45, 7) is 0. The summed E-state index contributed by atoms with van der Waals surface area (Å²) in [5.74, 6) is 1.83. The van der Waals surface area contributed by atoms with Crippen LogP contribution < -0.4 is 18.6 Å². The van der Waals surface area contributed by atoms with E-state index in [9.17, 15) is 15.3 Å². The second-order valence-electron chi connectivity index (χ2n) is 4.02. The van der Waals surface area contributed by atoms with Crippen LogP contribution in [0, 0.1) is 10.2 Å². The third-order valence-electron chi connectivity index (χ3n) is 2.83. The minimum Gasteiger partial charge on any atom is -0.387 e. The molecule has 2 aliphatic rings. The van der Waals surface area contributed by atoms with Gasteiger partial charge in [-0.15, -0.1) is 10.2 Å². The Morgan fingerprint density at radius 1 is 1.00 bits per heavy atom. The number of fused-ring (bicyclic) bond motifs is 1. The van der Waals surface area contributed by atoms with Gasteiger partial charge in [0.1, 0.15) is 35.1 Å². The molecule has 2 rings (SSSR count). The lowest BCUT2D eigenvalue weighted by Gasteiger charge is -2.31. The van der Waals surface area contributed by atoms with Crippen LogP contribution in [0.5, 0.6) is 0 Å². The van der Waals surface area contributed by atoms with E-state index in [1.54, 1.807) is 0 Å². The number of aliphatic hydroxyl groups is 3. The van der Waals surface area contributed by atoms with E-state index < -0.39 is 28.6 Å². The molecule has 5 atom stereocenters. The van der Waals surface area contributed by atoms with Crippen LogP contribution in [-0.2, 0) is 10.9 Å². The summed E-state index contributed by atoms with van der Waals surface area (Å²) in [5.41, 5.74) is 0. The molecule has 0 saturated carbocycles. The normalized spacial score (nSPS) is 41.5. The van der Waals surface area contributed by atoms with Gasteiger partial charge in [-0.05, 0) is 17.3 Å². The molecule has 0 aromatic heterocycles. The van der Waals surface area contributed by atoms with Gasteiger partial charge in [0, 0.05) is 6.42 Å². The maximum absolute atomic E-state index is 9.62. The van der Waals surface area contributed by atoms with Gasteiger partial charge in [0.2, 0.25) is 0 Å². The minimum absolute atomic E-state index is 0.174. The van der Waals surface area contributed by atoms with Gasteiger partial charge in [0.05, 0.1) is 0 Å². The van der Waals surface area contributed by atoms with Gasteiger partial charge in [-0.2, -0.15) is 0 Å². The average Bonchev–Trinajstić information content (AvgIpc) is 2.59. The van der Waals surface area contributed by atoms with E-state index in [1.807, 2.05) is 0 Å². The van der Waals surface area contributed by atoms with Gasteiger partial charge >= 0.3 is 0 Å². The zero-order chi connectivity index (χ0) is 13.2. The van der Waals surface area contributed by atoms with E-state index in [2.05, 4.69) is 0 Å². The molecule has 0 spiro atoms. The summed E-state index contributed by atoms with van der Waals surface area (Å²) in [7, 11) is -4.77. The van der Waals surface area contributed by atoms with Crippen molar-refractivity contribution in [3.05, 3.63) is 0 Å². The predicted molar refractivity (Wildman–Crippen MR) is 48.1 cm³/mol. The largest absolute Gasteiger partial charge is 0.387 e. The molecule has 2 fully saturated rings. The standard InChI is InChI=1S/C8H15O3S.ClHO4/c9-5-4-12-3-1-2-6(12)8(11)7(5)10;2-1(3,4)5/h5-11H,1-4H2;(H,2,3,4,5)/q+1;/p-1/t5-,6?,7+,8+,12?;/m0./s1. The van der Waals surface area contributed by atoms with Crippen molar-refractivity contribution in [2.45, 2.75) is 36.4 Å². The molecule has 2 aliphatic heterocycles. The molecular formula is C8H15ClO7S. The van der Waals surface area contributed by atoms with Crippen LogP contribution >= 0.6 is 0 Å². The molecule has 7 nitrogen and oxygen atoms in total. The van der Waals surface area contributed by atoms with Gasteiger partial charge in [-0.1, -0.05) is 0 Å². The van der Waals surface area contributed by atoms with Gasteiger partial charge in [0.25, 0.3) is 0 Å². The first-order valence-electron chi connectivity index (χ1n) is 5.02. The fraction of sp³-hybridized carbons (Fsp3) is 1.00. The van der Waals surface area contributed by atoms with Crippen LogP contribution in [0.15, 0.2) is 0 Å². The van der Waals surface area contributed by atoms with Crippen molar-refractivity contribution >= 4 is 10.9 Å². The summed E-state index contributed by atoms with van der Waals surface area (Å²) in [4.78, 5) is 0. The fourth-order valence-corrected chi connectivity index (χ4v) is 5.07. The Bertz CT molecular complexity index is 243. The highest BCUT2D eigenvalue weighted by Crippen LogP contribution is 2.32. The Balaban J connectivity index is 0.000000249. The van der Waals surface area contributed by atoms with Crippen LogP contribution in [0.25, 0.3) is 0 Å². The van der Waals surface area contributed by atoms with E-state index >= 15 is 0 Å². The third-order valence-corrected chi connectivity index (χ3v) is 5.79. The Labute approximate surface area is 103 Å². The lowest BCUT2D eigenvalue weighted by atomic mass is 10.0. The topological polar surface area (TPSA) is 153 Å². The zero-order valence-corrected chi connectivity index (χ0v) is 10.5. The molecule has 0 bridgehead atoms. The minimum atomic E-state index is -4.94. The molecule has 0 aromatic rings. The molecule has 0 aliphatic carbocycles. The first-order valence-corrected chi connectivity index (χ1v) is 7.88. The highest BCUT2D eigenvalue weighted by atomic mass is 35.7. The van der Waals surface area contributed by atoms with Gasteiger partial charge in [-0.25, -0.2) is 18.6 Å². The molecule has 2 unspecified atom stereocenters. The third kappa shape index (κ3) is 4.86. The maximum atomic E-state index is 9.62. The molecule has 3 N–H and O–H groups in total. The molecule has 0 aromatic carbocycles. The molecule has 102 valence electrons. The quantitative estimate of drug-likeness (QED) is 0.375. The van der Waals surface area contributed by atoms with Gasteiger partial charge < -0.3 is 15.3 Å². The first-order chi connectivity index (χ1) is 7.70. The average molecular weight is 291 g/mol. The number of hydrogen-bond acceptors (Lipinski definition) is 7. The molecular weight excluding hydrogens is 276 g/mol. The van der Waals surface area contributed by atoms with Crippen molar-refractivity contribution in [2.24, 2.45) is 0 Å². The smallest absolute Gasteiger partial charge is 0.146 e. The Kier molecular flexibility index (Phi) is 5.44. The van der Waals surface area contributed by atoms with Gasteiger partial charge in [-0.3, -0.25) is 0 Å². The number of rotatable bonds is 0. The SMILES string of the molecule is O[C@H]1[C@H](O)C2CCC[S+]2C[C@@H]1O.[O-][Cl+3]([O-])([O-])[O-]. The second kappa shape index (κ2) is 6.00. The van der Waals surface area contributed by atoms with Crippen molar-refractivity contribution in [3.8, 4) is 0 Å². The summed E-state index contributed by atoms with van der Waals surface area (Å²) in [5, 5.41) is 28.7. The molecule has 17 heavy (non-hydrogen) atoms. The van der Waals surface area contributed by atoms with Crippen molar-refractivity contribution in [1.82, 2.24) is 0 Å². The van der Waals surface area contributed by atoms with Crippen LogP contribution in [0.3, 0.4) is 0 Å². The van der Waals surface area contributed by atoms with Crippen molar-refractivity contribution in [3.63, 3.8) is 0 Å². The molecule has 2 heterocycles. The lowest BCUT2D eigenvalue weighted by molar-refractivity contribution is -2.00. The molecule has 0 amide bonds. The van der Waals surface area contributed by atoms with E-state index in [4.69, 9.17) is 18.6 Å². The van der Waals surface area contributed by atoms with Crippen LogP contribution in [0.1, 0.15) is 12.8 Å². The highest BCUT2D eigenvalue weighted by Gasteiger charge is 2.51. The summed E-state index contributed by atoms with van der Waals surface area (Å²) in [6.07, 6.45) is -0.118. The predicted octanol–water partition coefficient (Wildman–Crippen LogP) is -5.89. The summed E-state index contributed by atoms with van der Waals surface area (Å²) in [6, 6.07) is 0. The number of hydrogen-bond donors (Lipinski definition) is 3. The number of aliphatic hydroxyl groups excluding tert-OH is 3. The summed E-state index contributed by atoms with van der Waals surface area (Å²) < 4.78 is 34.0. The zero-order valence-electron chi connectivity index (χ0n) is 8.90. The van der Waals surface area contributed by atoms with Crippen LogP contribution in [0.4, 0.5) is 0 Å². The van der Waals surface area contributed by atoms with Gasteiger partial charge in [0.15, 0.2) is 0 Å². The highest BCUT2D eigenvalue weighted by molar-refractivity contribution is 7.97. The van der Waals surface area contributed by atoms with Crippen molar-refractivity contribution in [2.75, 3.05) is 11.5 Å². The van der Waals surface area contributed by atoms with Crippen LogP contribution in [-0.4, -0.2) is 50.4 Å². The van der Waals surface area contributed by atoms with Crippen LogP contribution in [0.2, 0.25) is 0 Å². The van der Waals surface area contributed by atoms with E-state index in [1.165, 1.54) is 0 Å². The molecule has 9 heteroatoms. The number of halogens is 1. The second-order valence-corrected chi connectivity index (χ2v) is 7.19. The fourth-order valence-electron chi connectivity index (χ4n) is 2.13. The monoisotopic (exact) mass is 290 g/mol. The first kappa shape index (κ1) is 15.4. The van der Waals surface area contributed by atoms with E-state index in [-0.39, 0.29) is 16.1 Å². The Morgan fingerprint density at radius 3 is 2.06 bits per heavy atom. The molecule has 2 saturated heterocycles. The van der Waals surface area contributed by atoms with E-state index in [0.717, 1.165) is 18.6 Å². The Hall–Kier alpha value is 0.360. The Morgan fingerprint density at radius 2 is 1.53 bits per heavy atom. The van der Waals surface area contributed by atoms with Crippen molar-refractivity contribution < 1.29 is 44.2 Å².